The topological polar surface area (TPSA) is 187 Å². The highest BCUT2D eigenvalue weighted by molar-refractivity contribution is 7.91. The maximum atomic E-state index is 15.6. The highest BCUT2D eigenvalue weighted by Gasteiger charge is 2.52. The van der Waals surface area contributed by atoms with E-state index in [1.807, 2.05) is 0 Å². The molecule has 1 aromatic heterocycles. The van der Waals surface area contributed by atoms with Crippen molar-refractivity contribution >= 4 is 40.7 Å². The molecule has 0 spiro atoms. The zero-order chi connectivity index (χ0) is 36.1. The van der Waals surface area contributed by atoms with E-state index in [4.69, 9.17) is 5.73 Å². The number of hydrogen-bond acceptors (Lipinski definition) is 7. The fourth-order valence-corrected chi connectivity index (χ4v) is 8.79. The van der Waals surface area contributed by atoms with E-state index in [9.17, 15) is 28.5 Å². The zero-order valence-electron chi connectivity index (χ0n) is 29.4. The van der Waals surface area contributed by atoms with Gasteiger partial charge in [-0.25, -0.2) is 14.2 Å². The summed E-state index contributed by atoms with van der Waals surface area (Å²) in [6.45, 7) is 8.09. The summed E-state index contributed by atoms with van der Waals surface area (Å²) in [6, 6.07) is 0.991. The first-order valence-electron chi connectivity index (χ1n) is 17.4. The van der Waals surface area contributed by atoms with Gasteiger partial charge in [0.25, 0.3) is 5.91 Å². The van der Waals surface area contributed by atoms with Crippen LogP contribution in [-0.2, 0) is 30.4 Å². The van der Waals surface area contributed by atoms with Gasteiger partial charge in [-0.1, -0.05) is 65.4 Å². The molecular weight excluding hydrogens is 651 g/mol. The summed E-state index contributed by atoms with van der Waals surface area (Å²) < 4.78 is 29.0. The molecule has 2 heterocycles. The van der Waals surface area contributed by atoms with E-state index in [1.165, 1.54) is 18.7 Å². The predicted molar refractivity (Wildman–Crippen MR) is 183 cm³/mol. The molecule has 1 aromatic rings. The molecule has 12 nitrogen and oxygen atoms in total. The average Bonchev–Trinajstić information content (AvgIpc) is 3.47. The fourth-order valence-electron chi connectivity index (χ4n) is 7.37. The van der Waals surface area contributed by atoms with Crippen LogP contribution in [0.15, 0.2) is 29.4 Å². The molecule has 4 rings (SSSR count). The second kappa shape index (κ2) is 15.7. The minimum absolute atomic E-state index is 0.0505. The Balaban J connectivity index is 1.55. The largest absolute Gasteiger partial charge is 0.610 e. The summed E-state index contributed by atoms with van der Waals surface area (Å²) in [6.07, 6.45) is 8.57. The second-order valence-corrected chi connectivity index (χ2v) is 17.1. The van der Waals surface area contributed by atoms with E-state index in [2.05, 4.69) is 20.9 Å². The molecule has 2 aliphatic carbocycles. The van der Waals surface area contributed by atoms with Gasteiger partial charge in [-0.3, -0.25) is 19.2 Å². The van der Waals surface area contributed by atoms with Crippen LogP contribution >= 0.6 is 0 Å². The Labute approximate surface area is 291 Å². The van der Waals surface area contributed by atoms with E-state index in [-0.39, 0.29) is 31.1 Å². The van der Waals surface area contributed by atoms with Crippen LogP contribution in [0, 0.1) is 17.3 Å². The van der Waals surface area contributed by atoms with Gasteiger partial charge in [-0.2, -0.15) is 0 Å². The molecule has 0 radical (unpaired) electrons. The first-order valence-corrected chi connectivity index (χ1v) is 18.8. The van der Waals surface area contributed by atoms with Gasteiger partial charge in [0.15, 0.2) is 0 Å². The number of carbonyl (C=O) groups is 5. The molecule has 1 aliphatic heterocycles. The van der Waals surface area contributed by atoms with Crippen molar-refractivity contribution in [3.8, 4) is 0 Å². The molecule has 14 heteroatoms. The number of nitrogens with zero attached hydrogens (tertiary/aromatic N) is 2. The number of aromatic nitrogens is 1. The first kappa shape index (κ1) is 38.5. The maximum absolute atomic E-state index is 15.6. The van der Waals surface area contributed by atoms with Crippen molar-refractivity contribution in [3.05, 3.63) is 24.4 Å². The summed E-state index contributed by atoms with van der Waals surface area (Å²) in [5.74, 6) is -4.01. The Bertz CT molecular complexity index is 1360. The number of carbonyl (C=O) groups excluding carboxylic acids is 5. The van der Waals surface area contributed by atoms with Gasteiger partial charge < -0.3 is 31.1 Å². The molecule has 49 heavy (non-hydrogen) atoms. The zero-order valence-corrected chi connectivity index (χ0v) is 30.2. The number of hydrogen-bond donors (Lipinski definition) is 4. The van der Waals surface area contributed by atoms with E-state index >= 15 is 4.39 Å². The van der Waals surface area contributed by atoms with Crippen molar-refractivity contribution in [2.45, 2.75) is 133 Å². The summed E-state index contributed by atoms with van der Waals surface area (Å²) in [7, 11) is 0. The monoisotopic (exact) mass is 704 g/mol. The number of Topliss-reactive ketones (excluding diaryl/α,β-unsaturated/α-hetero) is 1. The second-order valence-electron chi connectivity index (χ2n) is 15.7. The maximum Gasteiger partial charge on any atom is 0.316 e. The summed E-state index contributed by atoms with van der Waals surface area (Å²) >= 11 is -1.47. The Morgan fingerprint density at radius 2 is 1.71 bits per heavy atom. The van der Waals surface area contributed by atoms with Crippen LogP contribution in [0.2, 0.25) is 0 Å². The van der Waals surface area contributed by atoms with Gasteiger partial charge in [-0.15, -0.1) is 0 Å². The molecule has 5 N–H and O–H groups in total. The van der Waals surface area contributed by atoms with Crippen LogP contribution in [0.3, 0.4) is 0 Å². The lowest BCUT2D eigenvalue weighted by Gasteiger charge is -2.40. The number of primary amides is 1. The molecule has 3 aliphatic rings. The van der Waals surface area contributed by atoms with Crippen molar-refractivity contribution in [2.24, 2.45) is 23.0 Å². The van der Waals surface area contributed by atoms with E-state index < -0.39 is 81.4 Å². The highest BCUT2D eigenvalue weighted by Crippen LogP contribution is 2.38. The molecular formula is C35H53FN6O6S. The van der Waals surface area contributed by atoms with Gasteiger partial charge in [0.2, 0.25) is 22.6 Å². The number of rotatable bonds is 13. The Morgan fingerprint density at radius 1 is 1.04 bits per heavy atom. The molecule has 2 saturated carbocycles. The van der Waals surface area contributed by atoms with Crippen LogP contribution in [0.4, 0.5) is 9.18 Å². The van der Waals surface area contributed by atoms with Crippen molar-refractivity contribution in [3.63, 3.8) is 0 Å². The van der Waals surface area contributed by atoms with Gasteiger partial charge in [0, 0.05) is 35.9 Å². The highest BCUT2D eigenvalue weighted by atomic mass is 32.2. The average molecular weight is 705 g/mol. The quantitative estimate of drug-likeness (QED) is 0.179. The van der Waals surface area contributed by atoms with Crippen molar-refractivity contribution in [2.75, 3.05) is 12.3 Å². The molecule has 272 valence electrons. The smallest absolute Gasteiger partial charge is 0.316 e. The van der Waals surface area contributed by atoms with Crippen LogP contribution in [0.1, 0.15) is 98.8 Å². The minimum atomic E-state index is -1.87. The Morgan fingerprint density at radius 3 is 2.24 bits per heavy atom. The lowest BCUT2D eigenvalue weighted by atomic mass is 9.79. The van der Waals surface area contributed by atoms with Gasteiger partial charge in [-0.05, 0) is 56.9 Å². The van der Waals surface area contributed by atoms with E-state index in [0.717, 1.165) is 38.5 Å². The lowest BCUT2D eigenvalue weighted by Crippen LogP contribution is -2.64. The number of ketones is 1. The standard InChI is InChI=1S/C35H53FN6O6S/c1-33(2,3)28(40-32(47)41-35(16-8-6-9-17-35)21-49(48)25-14-7-10-18-38-25)31(46)42-19-15-23(34(4,5)36)26(42)30(45)39-24(27(43)29(37)44)20-22-12-11-13-22/h7,10,14,18,22-24,26,28H,6,8-9,11-13,15-17,19-21H2,1-5H3,(H2,37,44)(H,39,45)(H2,40,41,47)/t23?,24?,26-,28+,49?/m0/s1. The molecule has 5 amide bonds. The van der Waals surface area contributed by atoms with Crippen LogP contribution in [0.5, 0.6) is 0 Å². The third-order valence-electron chi connectivity index (χ3n) is 10.4. The van der Waals surface area contributed by atoms with E-state index in [0.29, 0.717) is 17.9 Å². The summed E-state index contributed by atoms with van der Waals surface area (Å²) in [4.78, 5) is 72.2. The van der Waals surface area contributed by atoms with E-state index in [1.54, 1.807) is 45.2 Å². The molecule has 3 fully saturated rings. The summed E-state index contributed by atoms with van der Waals surface area (Å²) in [5.41, 5.74) is 1.83. The van der Waals surface area contributed by atoms with Crippen molar-refractivity contribution < 1.29 is 32.9 Å². The Hall–Kier alpha value is -3.26. The Kier molecular flexibility index (Phi) is 12.4. The van der Waals surface area contributed by atoms with Gasteiger partial charge in [0.05, 0.1) is 11.6 Å². The van der Waals surface area contributed by atoms with Crippen LogP contribution < -0.4 is 21.7 Å². The molecule has 0 bridgehead atoms. The number of amides is 5. The fraction of sp³-hybridized carbons (Fsp3) is 0.714. The van der Waals surface area contributed by atoms with Crippen molar-refractivity contribution in [1.29, 1.82) is 0 Å². The first-order chi connectivity index (χ1) is 22.9. The number of nitrogens with two attached hydrogens (primary N) is 1. The van der Waals surface area contributed by atoms with Gasteiger partial charge >= 0.3 is 6.03 Å². The number of nitrogens with one attached hydrogen (secondary N) is 3. The number of halogens is 1. The lowest BCUT2D eigenvalue weighted by molar-refractivity contribution is -0.145. The van der Waals surface area contributed by atoms with Crippen molar-refractivity contribution in [1.82, 2.24) is 25.8 Å². The van der Waals surface area contributed by atoms with Crippen LogP contribution in [-0.4, -0.2) is 85.6 Å². The molecule has 3 unspecified atom stereocenters. The number of pyridine rings is 1. The van der Waals surface area contributed by atoms with Gasteiger partial charge in [0.1, 0.15) is 23.5 Å². The normalized spacial score (nSPS) is 23.0. The molecule has 0 aromatic carbocycles. The number of urea groups is 1. The SMILES string of the molecule is CC(C)(F)C1CCN(C(=O)[C@@H](NC(=O)NC2(C[S+]([O-])c3ccccn3)CCCCC2)C(C)(C)C)[C@@H]1C(=O)NC(CC1CCC1)C(=O)C(N)=O. The number of likely N-dealkylation sites (tertiary alicyclic amines) is 1. The third-order valence-corrected chi connectivity index (χ3v) is 11.9. The minimum Gasteiger partial charge on any atom is -0.610 e. The van der Waals surface area contributed by atoms with Crippen LogP contribution in [0.25, 0.3) is 0 Å². The molecule has 5 atom stereocenters. The molecule has 1 saturated heterocycles. The third kappa shape index (κ3) is 9.71. The number of alkyl halides is 1. The summed E-state index contributed by atoms with van der Waals surface area (Å²) in [5, 5.41) is 8.99. The predicted octanol–water partition coefficient (Wildman–Crippen LogP) is 3.30.